The summed E-state index contributed by atoms with van der Waals surface area (Å²) in [5.41, 5.74) is -1.99. The van der Waals surface area contributed by atoms with E-state index in [0.717, 1.165) is 28.7 Å². The number of nitrogens with zero attached hydrogens (tertiary/aromatic N) is 6. The zero-order valence-corrected chi connectivity index (χ0v) is 27.1. The lowest BCUT2D eigenvalue weighted by molar-refractivity contribution is -0.138. The molecule has 1 fully saturated rings. The average Bonchev–Trinajstić information content (AvgIpc) is 3.74. The molecular weight excluding hydrogens is 611 g/mol. The number of rotatable bonds is 10. The van der Waals surface area contributed by atoms with E-state index in [1.807, 2.05) is 0 Å². The van der Waals surface area contributed by atoms with Gasteiger partial charge in [0.15, 0.2) is 0 Å². The first-order valence-corrected chi connectivity index (χ1v) is 14.9. The molecule has 0 bridgehead atoms. The molecule has 3 aromatic heterocycles. The topological polar surface area (TPSA) is 134 Å². The number of aromatic nitrogens is 5. The van der Waals surface area contributed by atoms with Gasteiger partial charge in [0.25, 0.3) is 5.56 Å². The number of halogens is 1. The molecule has 44 heavy (non-hydrogen) atoms. The number of amides is 1. The summed E-state index contributed by atoms with van der Waals surface area (Å²) in [4.78, 5) is 45.7. The van der Waals surface area contributed by atoms with Crippen LogP contribution in [0.3, 0.4) is 0 Å². The van der Waals surface area contributed by atoms with Gasteiger partial charge in [-0.05, 0) is 58.7 Å². The van der Waals surface area contributed by atoms with Crippen molar-refractivity contribution in [2.24, 2.45) is 0 Å². The number of aliphatic hydroxyl groups excluding tert-OH is 1. The Labute approximate surface area is 264 Å². The molecule has 0 spiro atoms. The van der Waals surface area contributed by atoms with Crippen molar-refractivity contribution >= 4 is 41.0 Å². The van der Waals surface area contributed by atoms with E-state index in [9.17, 15) is 23.9 Å². The SMILES string of the molecule is COc1ccc(F)cc1[C@H](Cn1c(=O)n(C(C)(C)C(=O)N2CCCC2)c(=O)c2c(C)c(-n3nccn3)sc21)OC[C@H](C)O.S. The van der Waals surface area contributed by atoms with Crippen molar-refractivity contribution in [1.82, 2.24) is 29.0 Å². The second kappa shape index (κ2) is 13.2. The van der Waals surface area contributed by atoms with Crippen LogP contribution in [0.25, 0.3) is 15.2 Å². The van der Waals surface area contributed by atoms with Crippen molar-refractivity contribution in [1.29, 1.82) is 0 Å². The Morgan fingerprint density at radius 2 is 1.84 bits per heavy atom. The Balaban J connectivity index is 0.00000442. The minimum Gasteiger partial charge on any atom is -0.496 e. The first kappa shape index (κ1) is 33.4. The molecule has 1 aliphatic heterocycles. The molecule has 1 aromatic carbocycles. The normalized spacial score (nSPS) is 14.9. The van der Waals surface area contributed by atoms with Gasteiger partial charge in [-0.2, -0.15) is 23.7 Å². The van der Waals surface area contributed by atoms with Gasteiger partial charge in [-0.15, -0.1) is 4.80 Å². The average molecular weight is 649 g/mol. The maximum atomic E-state index is 14.5. The highest BCUT2D eigenvalue weighted by molar-refractivity contribution is 7.59. The molecule has 238 valence electrons. The van der Waals surface area contributed by atoms with Crippen LogP contribution < -0.4 is 16.0 Å². The smallest absolute Gasteiger partial charge is 0.333 e. The molecule has 0 aliphatic carbocycles. The number of aryl methyl sites for hydroxylation is 1. The van der Waals surface area contributed by atoms with Gasteiger partial charge in [0.05, 0.1) is 44.1 Å². The molecule has 4 aromatic rings. The molecule has 12 nitrogen and oxygen atoms in total. The summed E-state index contributed by atoms with van der Waals surface area (Å²) < 4.78 is 28.4. The summed E-state index contributed by atoms with van der Waals surface area (Å²) in [5, 5.41) is 19.2. The predicted molar refractivity (Wildman–Crippen MR) is 169 cm³/mol. The van der Waals surface area contributed by atoms with Gasteiger partial charge in [-0.3, -0.25) is 14.2 Å². The van der Waals surface area contributed by atoms with Crippen LogP contribution in [0.15, 0.2) is 40.2 Å². The second-order valence-electron chi connectivity index (χ2n) is 11.2. The van der Waals surface area contributed by atoms with Gasteiger partial charge in [0, 0.05) is 24.2 Å². The van der Waals surface area contributed by atoms with Crippen LogP contribution in [0.1, 0.15) is 50.8 Å². The van der Waals surface area contributed by atoms with E-state index in [1.54, 1.807) is 32.6 Å². The van der Waals surface area contributed by atoms with Gasteiger partial charge < -0.3 is 19.5 Å². The molecule has 5 rings (SSSR count). The quantitative estimate of drug-likeness (QED) is 0.278. The lowest BCUT2D eigenvalue weighted by atomic mass is 10.0. The fraction of sp³-hybridized carbons (Fsp3) is 0.483. The van der Waals surface area contributed by atoms with Crippen molar-refractivity contribution in [2.75, 3.05) is 26.8 Å². The second-order valence-corrected chi connectivity index (χ2v) is 12.2. The van der Waals surface area contributed by atoms with E-state index in [0.29, 0.717) is 39.8 Å². The molecule has 0 saturated carbocycles. The first-order chi connectivity index (χ1) is 20.4. The number of carbonyl (C=O) groups is 1. The van der Waals surface area contributed by atoms with Crippen LogP contribution in [0, 0.1) is 12.7 Å². The van der Waals surface area contributed by atoms with Crippen LogP contribution in [0.2, 0.25) is 0 Å². The number of carbonyl (C=O) groups excluding carboxylic acids is 1. The van der Waals surface area contributed by atoms with E-state index in [2.05, 4.69) is 10.2 Å². The van der Waals surface area contributed by atoms with Crippen LogP contribution in [0.4, 0.5) is 4.39 Å². The number of likely N-dealkylation sites (tertiary alicyclic amines) is 1. The summed E-state index contributed by atoms with van der Waals surface area (Å²) in [7, 11) is 1.44. The zero-order chi connectivity index (χ0) is 31.1. The Morgan fingerprint density at radius 3 is 2.45 bits per heavy atom. The van der Waals surface area contributed by atoms with Gasteiger partial charge >= 0.3 is 5.69 Å². The third-order valence-corrected chi connectivity index (χ3v) is 8.97. The Kier molecular flexibility index (Phi) is 10.0. The number of fused-ring (bicyclic) bond motifs is 1. The van der Waals surface area contributed by atoms with Gasteiger partial charge in [-0.1, -0.05) is 11.3 Å². The third kappa shape index (κ3) is 6.05. The van der Waals surface area contributed by atoms with E-state index in [4.69, 9.17) is 9.47 Å². The Hall–Kier alpha value is -3.53. The number of methoxy groups -OCH3 is 1. The summed E-state index contributed by atoms with van der Waals surface area (Å²) in [6.07, 6.45) is 2.87. The van der Waals surface area contributed by atoms with Crippen molar-refractivity contribution in [3.8, 4) is 10.8 Å². The molecule has 15 heteroatoms. The van der Waals surface area contributed by atoms with Gasteiger partial charge in [0.1, 0.15) is 33.0 Å². The molecule has 0 unspecified atom stereocenters. The highest BCUT2D eigenvalue weighted by Gasteiger charge is 2.39. The molecule has 1 amide bonds. The Bertz CT molecular complexity index is 1760. The highest BCUT2D eigenvalue weighted by Crippen LogP contribution is 2.34. The molecule has 1 aliphatic rings. The number of ether oxygens (including phenoxy) is 2. The van der Waals surface area contributed by atoms with Crippen LogP contribution in [-0.4, -0.2) is 73.0 Å². The van der Waals surface area contributed by atoms with E-state index in [1.165, 1.54) is 47.1 Å². The molecule has 0 radical (unpaired) electrons. The maximum Gasteiger partial charge on any atom is 0.333 e. The van der Waals surface area contributed by atoms with Crippen LogP contribution in [0.5, 0.6) is 5.75 Å². The molecule has 4 heterocycles. The lowest BCUT2D eigenvalue weighted by Crippen LogP contribution is -2.56. The van der Waals surface area contributed by atoms with Gasteiger partial charge in [0.2, 0.25) is 5.91 Å². The van der Waals surface area contributed by atoms with E-state index < -0.39 is 34.8 Å². The minimum absolute atomic E-state index is 0. The van der Waals surface area contributed by atoms with Crippen LogP contribution in [-0.2, 0) is 21.6 Å². The van der Waals surface area contributed by atoms with Crippen molar-refractivity contribution in [3.63, 3.8) is 0 Å². The Morgan fingerprint density at radius 1 is 1.18 bits per heavy atom. The van der Waals surface area contributed by atoms with E-state index in [-0.39, 0.29) is 37.9 Å². The summed E-state index contributed by atoms with van der Waals surface area (Å²) in [6.45, 7) is 7.23. The highest BCUT2D eigenvalue weighted by atomic mass is 32.1. The summed E-state index contributed by atoms with van der Waals surface area (Å²) >= 11 is 1.15. The monoisotopic (exact) mass is 648 g/mol. The van der Waals surface area contributed by atoms with Crippen molar-refractivity contribution in [3.05, 3.63) is 68.4 Å². The zero-order valence-electron chi connectivity index (χ0n) is 25.2. The molecular formula is C29H37FN6O6S2. The summed E-state index contributed by atoms with van der Waals surface area (Å²) in [5.74, 6) is -0.547. The van der Waals surface area contributed by atoms with Crippen molar-refractivity contribution < 1.29 is 23.8 Å². The number of aliphatic hydroxyl groups is 1. The lowest BCUT2D eigenvalue weighted by Gasteiger charge is -2.31. The standard InChI is InChI=1S/C29H35FN6O6S.H2S/c1-17(37)16-42-22(20-14-19(30)8-9-21(20)41-5)15-34-26-23(18(2)25(43-26)36-31-10-11-32-36)24(38)35(28(34)40)29(3,4)27(39)33-12-6-7-13-33;/h8-11,14,17,22,37H,6-7,12-13,15-16H2,1-5H3;1H2/t17-,22-;/m0./s1. The number of benzene rings is 1. The summed E-state index contributed by atoms with van der Waals surface area (Å²) in [6, 6.07) is 3.96. The van der Waals surface area contributed by atoms with Crippen molar-refractivity contribution in [2.45, 2.75) is 64.8 Å². The maximum absolute atomic E-state index is 14.5. The van der Waals surface area contributed by atoms with E-state index >= 15 is 0 Å². The largest absolute Gasteiger partial charge is 0.496 e. The number of hydrogen-bond acceptors (Lipinski definition) is 9. The molecule has 2 atom stereocenters. The number of thiophene rings is 1. The predicted octanol–water partition coefficient (Wildman–Crippen LogP) is 2.87. The first-order valence-electron chi connectivity index (χ1n) is 14.0. The third-order valence-electron chi connectivity index (χ3n) is 7.69. The van der Waals surface area contributed by atoms with Crippen LogP contribution >= 0.6 is 24.8 Å². The fourth-order valence-electron chi connectivity index (χ4n) is 5.52. The van der Waals surface area contributed by atoms with Gasteiger partial charge in [-0.25, -0.2) is 13.8 Å². The minimum atomic E-state index is -1.51. The number of hydrogen-bond donors (Lipinski definition) is 1. The fourth-order valence-corrected chi connectivity index (χ4v) is 6.74. The molecule has 1 N–H and O–H groups in total. The molecule has 1 saturated heterocycles.